The summed E-state index contributed by atoms with van der Waals surface area (Å²) in [6.07, 6.45) is 1.97. The third-order valence-electron chi connectivity index (χ3n) is 3.64. The summed E-state index contributed by atoms with van der Waals surface area (Å²) in [5.74, 6) is -0.209. The van der Waals surface area contributed by atoms with Gasteiger partial charge < -0.3 is 4.74 Å². The highest BCUT2D eigenvalue weighted by Crippen LogP contribution is 2.39. The zero-order valence-electron chi connectivity index (χ0n) is 13.4. The van der Waals surface area contributed by atoms with Crippen molar-refractivity contribution >= 4 is 40.7 Å². The van der Waals surface area contributed by atoms with Gasteiger partial charge in [-0.3, -0.25) is 9.59 Å². The average molecular weight is 356 g/mol. The highest BCUT2D eigenvalue weighted by atomic mass is 35.5. The lowest BCUT2D eigenvalue weighted by Crippen LogP contribution is -2.29. The second kappa shape index (κ2) is 7.37. The number of unbranched alkanes of at least 4 members (excludes halogenated alkanes) is 1. The molecule has 4 nitrogen and oxygen atoms in total. The van der Waals surface area contributed by atoms with Crippen LogP contribution in [0.15, 0.2) is 23.3 Å². The van der Waals surface area contributed by atoms with Crippen molar-refractivity contribution in [3.8, 4) is 5.75 Å². The lowest BCUT2D eigenvalue weighted by atomic mass is 10.1. The van der Waals surface area contributed by atoms with Crippen LogP contribution in [0.5, 0.6) is 5.75 Å². The smallest absolute Gasteiger partial charge is 0.261 e. The molecule has 1 heterocycles. The van der Waals surface area contributed by atoms with E-state index in [1.54, 1.807) is 6.07 Å². The first-order chi connectivity index (χ1) is 10.9. The molecule has 124 valence electrons. The molecule has 6 heteroatoms. The first kappa shape index (κ1) is 17.8. The fraction of sp³-hybridized carbons (Fsp3) is 0.412. The Kier molecular flexibility index (Phi) is 5.71. The maximum Gasteiger partial charge on any atom is 0.261 e. The molecule has 0 spiro atoms. The molecule has 1 aromatic rings. The minimum absolute atomic E-state index is 0.0894. The van der Waals surface area contributed by atoms with Crippen molar-refractivity contribution in [2.45, 2.75) is 40.0 Å². The maximum absolute atomic E-state index is 12.5. The normalized spacial score (nSPS) is 14.7. The molecule has 0 N–H and O–H groups in total. The molecule has 23 heavy (non-hydrogen) atoms. The summed E-state index contributed by atoms with van der Waals surface area (Å²) in [4.78, 5) is 25.8. The van der Waals surface area contributed by atoms with Crippen LogP contribution in [0.3, 0.4) is 0 Å². The standard InChI is InChI=1S/C17H19Cl2NO3/c1-4-5-6-23-15-9-14(12(18)8-13(15)19)20-16(21)7-11(10(2)3)17(20)22/h8-9H,4-7H2,1-3H3. The van der Waals surface area contributed by atoms with Crippen molar-refractivity contribution in [2.75, 3.05) is 11.5 Å². The summed E-state index contributed by atoms with van der Waals surface area (Å²) in [6, 6.07) is 3.06. The van der Waals surface area contributed by atoms with Crippen LogP contribution in [-0.4, -0.2) is 18.4 Å². The molecule has 2 rings (SSSR count). The van der Waals surface area contributed by atoms with Gasteiger partial charge in [-0.25, -0.2) is 4.90 Å². The van der Waals surface area contributed by atoms with E-state index in [2.05, 4.69) is 6.92 Å². The number of carbonyl (C=O) groups is 2. The van der Waals surface area contributed by atoms with Gasteiger partial charge in [-0.2, -0.15) is 0 Å². The van der Waals surface area contributed by atoms with Gasteiger partial charge in [0.25, 0.3) is 5.91 Å². The van der Waals surface area contributed by atoms with Crippen LogP contribution in [0, 0.1) is 0 Å². The Bertz CT molecular complexity index is 679. The topological polar surface area (TPSA) is 46.6 Å². The number of amides is 2. The van der Waals surface area contributed by atoms with E-state index in [1.165, 1.54) is 6.07 Å². The van der Waals surface area contributed by atoms with Gasteiger partial charge in [-0.15, -0.1) is 0 Å². The molecule has 0 radical (unpaired) electrons. The monoisotopic (exact) mass is 355 g/mol. The van der Waals surface area contributed by atoms with Crippen LogP contribution in [0.2, 0.25) is 10.0 Å². The van der Waals surface area contributed by atoms with Gasteiger partial charge in [0, 0.05) is 11.6 Å². The number of imide groups is 1. The number of halogens is 2. The van der Waals surface area contributed by atoms with E-state index in [-0.39, 0.29) is 23.3 Å². The molecule has 0 unspecified atom stereocenters. The van der Waals surface area contributed by atoms with Gasteiger partial charge in [0.05, 0.1) is 28.8 Å². The number of benzene rings is 1. The van der Waals surface area contributed by atoms with Crippen LogP contribution < -0.4 is 9.64 Å². The molecular weight excluding hydrogens is 337 g/mol. The number of ether oxygens (including phenoxy) is 1. The fourth-order valence-corrected chi connectivity index (χ4v) is 2.84. The largest absolute Gasteiger partial charge is 0.492 e. The fourth-order valence-electron chi connectivity index (χ4n) is 2.32. The zero-order chi connectivity index (χ0) is 17.1. The van der Waals surface area contributed by atoms with E-state index < -0.39 is 0 Å². The average Bonchev–Trinajstić information content (AvgIpc) is 2.77. The van der Waals surface area contributed by atoms with Gasteiger partial charge in [-0.1, -0.05) is 42.1 Å². The molecule has 1 saturated heterocycles. The van der Waals surface area contributed by atoms with Crippen LogP contribution in [0.25, 0.3) is 0 Å². The zero-order valence-corrected chi connectivity index (χ0v) is 14.9. The Morgan fingerprint density at radius 3 is 2.48 bits per heavy atom. The minimum Gasteiger partial charge on any atom is -0.492 e. The van der Waals surface area contributed by atoms with Gasteiger partial charge in [0.2, 0.25) is 5.91 Å². The Labute approximate surface area is 146 Å². The number of allylic oxidation sites excluding steroid dienone is 1. The summed E-state index contributed by atoms with van der Waals surface area (Å²) in [6.45, 7) is 6.19. The Hall–Kier alpha value is -1.52. The van der Waals surface area contributed by atoms with Crippen molar-refractivity contribution in [1.82, 2.24) is 0 Å². The molecular formula is C17H19Cl2NO3. The number of anilines is 1. The van der Waals surface area contributed by atoms with Crippen molar-refractivity contribution in [3.05, 3.63) is 33.3 Å². The molecule has 1 aromatic carbocycles. The van der Waals surface area contributed by atoms with E-state index in [9.17, 15) is 9.59 Å². The summed E-state index contributed by atoms with van der Waals surface area (Å²) < 4.78 is 5.63. The highest BCUT2D eigenvalue weighted by Gasteiger charge is 2.37. The van der Waals surface area contributed by atoms with Crippen molar-refractivity contribution < 1.29 is 14.3 Å². The van der Waals surface area contributed by atoms with E-state index >= 15 is 0 Å². The Balaban J connectivity index is 2.39. The highest BCUT2D eigenvalue weighted by molar-refractivity contribution is 6.39. The lowest BCUT2D eigenvalue weighted by molar-refractivity contribution is -0.120. The second-order valence-electron chi connectivity index (χ2n) is 5.63. The quantitative estimate of drug-likeness (QED) is 0.434. The molecule has 0 saturated carbocycles. The number of rotatable bonds is 5. The molecule has 1 aliphatic rings. The predicted molar refractivity (Wildman–Crippen MR) is 92.3 cm³/mol. The molecule has 0 bridgehead atoms. The molecule has 0 atom stereocenters. The summed E-state index contributed by atoms with van der Waals surface area (Å²) >= 11 is 12.3. The van der Waals surface area contributed by atoms with Crippen LogP contribution in [0.4, 0.5) is 5.69 Å². The molecule has 0 aromatic heterocycles. The first-order valence-electron chi connectivity index (χ1n) is 7.52. The Morgan fingerprint density at radius 2 is 1.91 bits per heavy atom. The van der Waals surface area contributed by atoms with Crippen molar-refractivity contribution in [1.29, 1.82) is 0 Å². The van der Waals surface area contributed by atoms with Gasteiger partial charge in [-0.05, 0) is 26.3 Å². The summed E-state index contributed by atoms with van der Waals surface area (Å²) in [5.41, 5.74) is 1.65. The second-order valence-corrected chi connectivity index (χ2v) is 6.44. The summed E-state index contributed by atoms with van der Waals surface area (Å²) in [5, 5.41) is 0.603. The number of hydrogen-bond acceptors (Lipinski definition) is 3. The van der Waals surface area contributed by atoms with Crippen LogP contribution in [0.1, 0.15) is 40.0 Å². The SMILES string of the molecule is CCCCOc1cc(N2C(=O)CC(=C(C)C)C2=O)c(Cl)cc1Cl. The Morgan fingerprint density at radius 1 is 1.22 bits per heavy atom. The number of nitrogens with zero attached hydrogens (tertiary/aromatic N) is 1. The first-order valence-corrected chi connectivity index (χ1v) is 8.27. The van der Waals surface area contributed by atoms with Gasteiger partial charge >= 0.3 is 0 Å². The third-order valence-corrected chi connectivity index (χ3v) is 4.24. The van der Waals surface area contributed by atoms with E-state index in [1.807, 2.05) is 13.8 Å². The number of carbonyl (C=O) groups excluding carboxylic acids is 2. The molecule has 2 amide bonds. The molecule has 1 aliphatic heterocycles. The van der Waals surface area contributed by atoms with Crippen molar-refractivity contribution in [3.63, 3.8) is 0 Å². The molecule has 0 aliphatic carbocycles. The maximum atomic E-state index is 12.5. The molecule has 1 fully saturated rings. The van der Waals surface area contributed by atoms with Crippen molar-refractivity contribution in [2.24, 2.45) is 0 Å². The third kappa shape index (κ3) is 3.70. The van der Waals surface area contributed by atoms with E-state index in [0.29, 0.717) is 28.6 Å². The summed E-state index contributed by atoms with van der Waals surface area (Å²) in [7, 11) is 0. The minimum atomic E-state index is -0.335. The van der Waals surface area contributed by atoms with Crippen LogP contribution >= 0.6 is 23.2 Å². The lowest BCUT2D eigenvalue weighted by Gasteiger charge is -2.18. The van der Waals surface area contributed by atoms with Gasteiger partial charge in [0.1, 0.15) is 5.75 Å². The van der Waals surface area contributed by atoms with E-state index in [4.69, 9.17) is 27.9 Å². The van der Waals surface area contributed by atoms with Gasteiger partial charge in [0.15, 0.2) is 0 Å². The predicted octanol–water partition coefficient (Wildman–Crippen LogP) is 4.77. The van der Waals surface area contributed by atoms with Crippen LogP contribution in [-0.2, 0) is 9.59 Å². The number of hydrogen-bond donors (Lipinski definition) is 0. The van der Waals surface area contributed by atoms with E-state index in [0.717, 1.165) is 23.3 Å².